The zero-order valence-corrected chi connectivity index (χ0v) is 15.6. The summed E-state index contributed by atoms with van der Waals surface area (Å²) >= 11 is 0. The molecule has 3 fully saturated rings. The molecular formula is C22H28N4. The molecule has 0 spiro atoms. The Kier molecular flexibility index (Phi) is 4.16. The monoisotopic (exact) mass is 348 g/mol. The van der Waals surface area contributed by atoms with E-state index in [1.807, 2.05) is 6.20 Å². The number of hydrogen-bond donors (Lipinski definition) is 0. The lowest BCUT2D eigenvalue weighted by atomic mass is 9.95. The van der Waals surface area contributed by atoms with E-state index in [4.69, 9.17) is 4.98 Å². The standard InChI is InChI=1S/C22H28N4/c1-25(21-11-12-23-22(24-21)17-7-8-17)20-13-18-9-10-19(14-20)26(18)15-16-5-3-2-4-6-16/h2-6,11-12,17-20H,7-10,13-15H2,1H3. The van der Waals surface area contributed by atoms with Crippen molar-refractivity contribution in [1.82, 2.24) is 14.9 Å². The summed E-state index contributed by atoms with van der Waals surface area (Å²) in [7, 11) is 2.23. The fraction of sp³-hybridized carbons (Fsp3) is 0.545. The molecule has 5 rings (SSSR count). The van der Waals surface area contributed by atoms with E-state index in [2.05, 4.69) is 58.2 Å². The van der Waals surface area contributed by atoms with Gasteiger partial charge in [0.05, 0.1) is 0 Å². The van der Waals surface area contributed by atoms with Gasteiger partial charge in [-0.1, -0.05) is 30.3 Å². The van der Waals surface area contributed by atoms with Crippen LogP contribution < -0.4 is 4.90 Å². The van der Waals surface area contributed by atoms with E-state index in [1.54, 1.807) is 0 Å². The summed E-state index contributed by atoms with van der Waals surface area (Å²) in [6.45, 7) is 1.10. The molecule has 2 atom stereocenters. The van der Waals surface area contributed by atoms with Gasteiger partial charge in [0.2, 0.25) is 0 Å². The van der Waals surface area contributed by atoms with Crippen molar-refractivity contribution in [2.24, 2.45) is 0 Å². The van der Waals surface area contributed by atoms with Crippen LogP contribution in [-0.2, 0) is 6.54 Å². The third kappa shape index (κ3) is 3.11. The molecule has 0 radical (unpaired) electrons. The number of hydrogen-bond acceptors (Lipinski definition) is 4. The summed E-state index contributed by atoms with van der Waals surface area (Å²) in [5.41, 5.74) is 1.45. The first-order valence-corrected chi connectivity index (χ1v) is 10.1. The van der Waals surface area contributed by atoms with E-state index in [-0.39, 0.29) is 0 Å². The summed E-state index contributed by atoms with van der Waals surface area (Å²) in [5, 5.41) is 0. The number of piperidine rings is 1. The Bertz CT molecular complexity index is 744. The van der Waals surface area contributed by atoms with Gasteiger partial charge in [-0.15, -0.1) is 0 Å². The van der Waals surface area contributed by atoms with Gasteiger partial charge in [0.25, 0.3) is 0 Å². The normalized spacial score (nSPS) is 28.3. The third-order valence-corrected chi connectivity index (χ3v) is 6.58. The number of fused-ring (bicyclic) bond motifs is 2. The predicted octanol–water partition coefficient (Wildman–Crippen LogP) is 3.99. The second kappa shape index (κ2) is 6.66. The molecule has 1 aromatic carbocycles. The van der Waals surface area contributed by atoms with Crippen molar-refractivity contribution in [2.45, 2.75) is 69.1 Å². The lowest BCUT2D eigenvalue weighted by Gasteiger charge is -2.42. The lowest BCUT2D eigenvalue weighted by Crippen LogP contribution is -2.49. The molecule has 4 heteroatoms. The first-order chi connectivity index (χ1) is 12.8. The minimum Gasteiger partial charge on any atom is -0.356 e. The van der Waals surface area contributed by atoms with Crippen molar-refractivity contribution in [3.05, 3.63) is 54.0 Å². The van der Waals surface area contributed by atoms with E-state index >= 15 is 0 Å². The number of anilines is 1. The number of rotatable bonds is 5. The Labute approximate surface area is 156 Å². The Balaban J connectivity index is 1.29. The van der Waals surface area contributed by atoms with Crippen LogP contribution in [0.4, 0.5) is 5.82 Å². The Hall–Kier alpha value is -1.94. The third-order valence-electron chi connectivity index (χ3n) is 6.58. The van der Waals surface area contributed by atoms with Gasteiger partial charge in [0.1, 0.15) is 11.6 Å². The van der Waals surface area contributed by atoms with Crippen molar-refractivity contribution < 1.29 is 0 Å². The Morgan fingerprint density at radius 2 is 1.73 bits per heavy atom. The van der Waals surface area contributed by atoms with Crippen molar-refractivity contribution in [3.8, 4) is 0 Å². The van der Waals surface area contributed by atoms with Gasteiger partial charge in [-0.2, -0.15) is 0 Å². The number of aromatic nitrogens is 2. The second-order valence-electron chi connectivity index (χ2n) is 8.33. The second-order valence-corrected chi connectivity index (χ2v) is 8.33. The highest BCUT2D eigenvalue weighted by molar-refractivity contribution is 5.39. The first-order valence-electron chi connectivity index (χ1n) is 10.1. The van der Waals surface area contributed by atoms with Gasteiger partial charge in [0.15, 0.2) is 0 Å². The fourth-order valence-corrected chi connectivity index (χ4v) is 4.90. The van der Waals surface area contributed by atoms with Gasteiger partial charge in [-0.25, -0.2) is 9.97 Å². The van der Waals surface area contributed by atoms with E-state index in [0.717, 1.165) is 18.2 Å². The van der Waals surface area contributed by atoms with E-state index < -0.39 is 0 Å². The maximum atomic E-state index is 4.87. The van der Waals surface area contributed by atoms with E-state index in [9.17, 15) is 0 Å². The average molecular weight is 348 g/mol. The number of nitrogens with zero attached hydrogens (tertiary/aromatic N) is 4. The molecule has 2 aliphatic heterocycles. The zero-order valence-electron chi connectivity index (χ0n) is 15.6. The molecular weight excluding hydrogens is 320 g/mol. The van der Waals surface area contributed by atoms with Crippen LogP contribution in [0.1, 0.15) is 55.8 Å². The van der Waals surface area contributed by atoms with Crippen LogP contribution >= 0.6 is 0 Å². The molecule has 1 saturated carbocycles. The topological polar surface area (TPSA) is 32.3 Å². The molecule has 136 valence electrons. The molecule has 3 aliphatic rings. The molecule has 0 N–H and O–H groups in total. The SMILES string of the molecule is CN(c1ccnc(C2CC2)n1)C1CC2CCC(C1)N2Cc1ccccc1. The minimum atomic E-state index is 0.599. The van der Waals surface area contributed by atoms with Crippen molar-refractivity contribution >= 4 is 5.82 Å². The van der Waals surface area contributed by atoms with Gasteiger partial charge in [0, 0.05) is 43.8 Å². The number of benzene rings is 1. The van der Waals surface area contributed by atoms with Crippen LogP contribution in [0.2, 0.25) is 0 Å². The van der Waals surface area contributed by atoms with Crippen LogP contribution in [0.15, 0.2) is 42.6 Å². The van der Waals surface area contributed by atoms with Gasteiger partial charge in [-0.05, 0) is 50.2 Å². The molecule has 3 heterocycles. The van der Waals surface area contributed by atoms with Gasteiger partial charge in [-0.3, -0.25) is 4.90 Å². The Morgan fingerprint density at radius 1 is 1.00 bits per heavy atom. The molecule has 26 heavy (non-hydrogen) atoms. The highest BCUT2D eigenvalue weighted by Crippen LogP contribution is 2.40. The maximum Gasteiger partial charge on any atom is 0.133 e. The smallest absolute Gasteiger partial charge is 0.133 e. The van der Waals surface area contributed by atoms with E-state index in [1.165, 1.54) is 44.1 Å². The molecule has 2 bridgehead atoms. The zero-order chi connectivity index (χ0) is 17.5. The summed E-state index contributed by atoms with van der Waals surface area (Å²) in [6.07, 6.45) is 9.67. The quantitative estimate of drug-likeness (QED) is 0.818. The van der Waals surface area contributed by atoms with Crippen molar-refractivity contribution in [1.29, 1.82) is 0 Å². The summed E-state index contributed by atoms with van der Waals surface area (Å²) in [6, 6.07) is 15.1. The van der Waals surface area contributed by atoms with Crippen molar-refractivity contribution in [3.63, 3.8) is 0 Å². The lowest BCUT2D eigenvalue weighted by molar-refractivity contribution is 0.118. The maximum absolute atomic E-state index is 4.87. The van der Waals surface area contributed by atoms with Crippen LogP contribution in [0.5, 0.6) is 0 Å². The largest absolute Gasteiger partial charge is 0.356 e. The van der Waals surface area contributed by atoms with Crippen molar-refractivity contribution in [2.75, 3.05) is 11.9 Å². The van der Waals surface area contributed by atoms with Crippen LogP contribution in [0.3, 0.4) is 0 Å². The molecule has 2 saturated heterocycles. The molecule has 2 unspecified atom stereocenters. The predicted molar refractivity (Wildman–Crippen MR) is 104 cm³/mol. The highest BCUT2D eigenvalue weighted by Gasteiger charge is 2.42. The van der Waals surface area contributed by atoms with Crippen LogP contribution in [0, 0.1) is 0 Å². The van der Waals surface area contributed by atoms with E-state index in [0.29, 0.717) is 24.0 Å². The molecule has 1 aliphatic carbocycles. The fourth-order valence-electron chi connectivity index (χ4n) is 4.90. The molecule has 0 amide bonds. The van der Waals surface area contributed by atoms with Crippen LogP contribution in [-0.4, -0.2) is 40.0 Å². The molecule has 2 aromatic rings. The Morgan fingerprint density at radius 3 is 2.42 bits per heavy atom. The average Bonchev–Trinajstić information content (AvgIpc) is 3.50. The molecule has 1 aromatic heterocycles. The first kappa shape index (κ1) is 16.2. The van der Waals surface area contributed by atoms with Crippen LogP contribution in [0.25, 0.3) is 0 Å². The summed E-state index contributed by atoms with van der Waals surface area (Å²) < 4.78 is 0. The minimum absolute atomic E-state index is 0.599. The highest BCUT2D eigenvalue weighted by atomic mass is 15.3. The summed E-state index contributed by atoms with van der Waals surface area (Å²) in [4.78, 5) is 14.5. The van der Waals surface area contributed by atoms with Gasteiger partial charge < -0.3 is 4.90 Å². The van der Waals surface area contributed by atoms with Gasteiger partial charge >= 0.3 is 0 Å². The summed E-state index contributed by atoms with van der Waals surface area (Å²) in [5.74, 6) is 2.79. The molecule has 4 nitrogen and oxygen atoms in total.